The van der Waals surface area contributed by atoms with Gasteiger partial charge in [0.15, 0.2) is 0 Å². The van der Waals surface area contributed by atoms with Gasteiger partial charge in [-0.3, -0.25) is 0 Å². The van der Waals surface area contributed by atoms with Gasteiger partial charge < -0.3 is 10.6 Å². The monoisotopic (exact) mass is 344 g/mol. The second-order valence-corrected chi connectivity index (χ2v) is 6.46. The Labute approximate surface area is 135 Å². The van der Waals surface area contributed by atoms with Crippen molar-refractivity contribution in [1.29, 1.82) is 0 Å². The molecule has 0 bridgehead atoms. The molecule has 1 heterocycles. The van der Waals surface area contributed by atoms with Crippen molar-refractivity contribution in [2.45, 2.75) is 32.4 Å². The maximum atomic E-state index is 3.64. The normalized spacial score (nSPS) is 15.1. The van der Waals surface area contributed by atoms with E-state index in [9.17, 15) is 0 Å². The van der Waals surface area contributed by atoms with E-state index in [4.69, 9.17) is 0 Å². The molecule has 0 aromatic heterocycles. The first-order chi connectivity index (χ1) is 10.3. The van der Waals surface area contributed by atoms with Gasteiger partial charge in [-0.2, -0.15) is 0 Å². The van der Waals surface area contributed by atoms with Gasteiger partial charge >= 0.3 is 0 Å². The second kappa shape index (κ2) is 6.63. The molecule has 0 amide bonds. The summed E-state index contributed by atoms with van der Waals surface area (Å²) in [6.45, 7) is 4.19. The quantitative estimate of drug-likeness (QED) is 0.842. The maximum Gasteiger partial charge on any atom is 0.0418 e. The average Bonchev–Trinajstić information content (AvgIpc) is 2.53. The first-order valence-electron chi connectivity index (χ1n) is 7.58. The fourth-order valence-corrected chi connectivity index (χ4v) is 3.56. The Kier molecular flexibility index (Phi) is 4.61. The van der Waals surface area contributed by atoms with Gasteiger partial charge in [-0.25, -0.2) is 0 Å². The average molecular weight is 345 g/mol. The zero-order chi connectivity index (χ0) is 14.7. The smallest absolute Gasteiger partial charge is 0.0418 e. The van der Waals surface area contributed by atoms with Crippen LogP contribution in [0.2, 0.25) is 0 Å². The van der Waals surface area contributed by atoms with Gasteiger partial charge in [0.05, 0.1) is 0 Å². The Morgan fingerprint density at radius 2 is 2.05 bits per heavy atom. The van der Waals surface area contributed by atoms with Crippen LogP contribution in [0.15, 0.2) is 46.9 Å². The fraction of sp³-hybridized carbons (Fsp3) is 0.333. The summed E-state index contributed by atoms with van der Waals surface area (Å²) in [5.41, 5.74) is 5.46. The van der Waals surface area contributed by atoms with Crippen LogP contribution >= 0.6 is 15.9 Å². The SMILES string of the molecule is CC(NCc1cccc2c1NCCC2)c1ccccc1Br. The summed E-state index contributed by atoms with van der Waals surface area (Å²) in [5, 5.41) is 7.19. The van der Waals surface area contributed by atoms with Gasteiger partial charge in [-0.05, 0) is 42.5 Å². The lowest BCUT2D eigenvalue weighted by Gasteiger charge is -2.23. The molecule has 1 aliphatic rings. The van der Waals surface area contributed by atoms with Crippen LogP contribution in [0.3, 0.4) is 0 Å². The van der Waals surface area contributed by atoms with Crippen molar-refractivity contribution in [3.05, 3.63) is 63.6 Å². The summed E-state index contributed by atoms with van der Waals surface area (Å²) >= 11 is 3.63. The number of nitrogens with one attached hydrogen (secondary N) is 2. The molecule has 3 heteroatoms. The summed E-state index contributed by atoms with van der Waals surface area (Å²) in [4.78, 5) is 0. The first-order valence-corrected chi connectivity index (χ1v) is 8.37. The summed E-state index contributed by atoms with van der Waals surface area (Å²) < 4.78 is 1.17. The van der Waals surface area contributed by atoms with Crippen molar-refractivity contribution in [3.63, 3.8) is 0 Å². The van der Waals surface area contributed by atoms with E-state index in [0.717, 1.165) is 13.1 Å². The van der Waals surface area contributed by atoms with Gasteiger partial charge in [0, 0.05) is 29.3 Å². The maximum absolute atomic E-state index is 3.64. The number of benzene rings is 2. The van der Waals surface area contributed by atoms with Crippen molar-refractivity contribution in [1.82, 2.24) is 5.32 Å². The van der Waals surface area contributed by atoms with Gasteiger partial charge in [0.2, 0.25) is 0 Å². The van der Waals surface area contributed by atoms with Gasteiger partial charge in [-0.15, -0.1) is 0 Å². The summed E-state index contributed by atoms with van der Waals surface area (Å²) in [6, 6.07) is 15.4. The highest BCUT2D eigenvalue weighted by Gasteiger charge is 2.13. The molecule has 21 heavy (non-hydrogen) atoms. The zero-order valence-corrected chi connectivity index (χ0v) is 13.9. The minimum atomic E-state index is 0.319. The molecule has 2 aromatic carbocycles. The molecule has 0 aliphatic carbocycles. The van der Waals surface area contributed by atoms with Crippen molar-refractivity contribution < 1.29 is 0 Å². The molecule has 0 spiro atoms. The van der Waals surface area contributed by atoms with Gasteiger partial charge in [0.25, 0.3) is 0 Å². The Morgan fingerprint density at radius 1 is 1.19 bits per heavy atom. The third kappa shape index (κ3) is 3.30. The number of fused-ring (bicyclic) bond motifs is 1. The summed E-state index contributed by atoms with van der Waals surface area (Å²) in [6.07, 6.45) is 2.42. The van der Waals surface area contributed by atoms with Crippen LogP contribution in [0.25, 0.3) is 0 Å². The highest BCUT2D eigenvalue weighted by atomic mass is 79.9. The number of hydrogen-bond donors (Lipinski definition) is 2. The Morgan fingerprint density at radius 3 is 2.90 bits per heavy atom. The standard InChI is InChI=1S/C18H21BrN2/c1-13(16-9-2-3-10-17(16)19)21-12-15-7-4-6-14-8-5-11-20-18(14)15/h2-4,6-7,9-10,13,20-21H,5,8,11-12H2,1H3. The van der Waals surface area contributed by atoms with E-state index in [1.807, 2.05) is 0 Å². The molecule has 0 saturated carbocycles. The van der Waals surface area contributed by atoms with Crippen molar-refractivity contribution in [3.8, 4) is 0 Å². The van der Waals surface area contributed by atoms with Crippen molar-refractivity contribution in [2.75, 3.05) is 11.9 Å². The van der Waals surface area contributed by atoms with Crippen molar-refractivity contribution >= 4 is 21.6 Å². The van der Waals surface area contributed by atoms with E-state index in [0.29, 0.717) is 6.04 Å². The van der Waals surface area contributed by atoms with E-state index >= 15 is 0 Å². The van der Waals surface area contributed by atoms with Crippen molar-refractivity contribution in [2.24, 2.45) is 0 Å². The molecule has 2 nitrogen and oxygen atoms in total. The molecule has 2 N–H and O–H groups in total. The van der Waals surface area contributed by atoms with E-state index in [2.05, 4.69) is 76.0 Å². The molecule has 110 valence electrons. The van der Waals surface area contributed by atoms with E-state index < -0.39 is 0 Å². The fourth-order valence-electron chi connectivity index (χ4n) is 2.93. The van der Waals surface area contributed by atoms with E-state index in [-0.39, 0.29) is 0 Å². The first kappa shape index (κ1) is 14.6. The highest BCUT2D eigenvalue weighted by molar-refractivity contribution is 9.10. The minimum absolute atomic E-state index is 0.319. The molecule has 0 fully saturated rings. The van der Waals surface area contributed by atoms with Gasteiger partial charge in [-0.1, -0.05) is 52.3 Å². The van der Waals surface area contributed by atoms with Crippen LogP contribution in [0.4, 0.5) is 5.69 Å². The zero-order valence-electron chi connectivity index (χ0n) is 12.3. The van der Waals surface area contributed by atoms with Crippen LogP contribution in [0, 0.1) is 0 Å². The summed E-state index contributed by atoms with van der Waals surface area (Å²) in [5.74, 6) is 0. The van der Waals surface area contributed by atoms with Gasteiger partial charge in [0.1, 0.15) is 0 Å². The lowest BCUT2D eigenvalue weighted by Crippen LogP contribution is -2.21. The molecule has 1 atom stereocenters. The Bertz CT molecular complexity index is 624. The predicted molar refractivity (Wildman–Crippen MR) is 92.6 cm³/mol. The number of para-hydroxylation sites is 1. The topological polar surface area (TPSA) is 24.1 Å². The lowest BCUT2D eigenvalue weighted by molar-refractivity contribution is 0.572. The van der Waals surface area contributed by atoms with Crippen LogP contribution in [-0.2, 0) is 13.0 Å². The largest absolute Gasteiger partial charge is 0.385 e. The van der Waals surface area contributed by atoms with Crippen LogP contribution in [-0.4, -0.2) is 6.54 Å². The number of hydrogen-bond acceptors (Lipinski definition) is 2. The molecular formula is C18H21BrN2. The van der Waals surface area contributed by atoms with Crippen LogP contribution in [0.1, 0.15) is 36.1 Å². The highest BCUT2D eigenvalue weighted by Crippen LogP contribution is 2.27. The van der Waals surface area contributed by atoms with E-state index in [1.165, 1.54) is 39.7 Å². The second-order valence-electron chi connectivity index (χ2n) is 5.61. The van der Waals surface area contributed by atoms with Crippen LogP contribution < -0.4 is 10.6 Å². The lowest BCUT2D eigenvalue weighted by atomic mass is 9.99. The number of aryl methyl sites for hydroxylation is 1. The molecule has 0 radical (unpaired) electrons. The third-order valence-corrected chi connectivity index (χ3v) is 4.85. The molecular weight excluding hydrogens is 324 g/mol. The molecule has 2 aromatic rings. The summed E-state index contributed by atoms with van der Waals surface area (Å²) in [7, 11) is 0. The molecule has 1 unspecified atom stereocenters. The molecule has 1 aliphatic heterocycles. The predicted octanol–water partition coefficient (Wildman–Crippen LogP) is 4.66. The van der Waals surface area contributed by atoms with E-state index in [1.54, 1.807) is 0 Å². The number of anilines is 1. The minimum Gasteiger partial charge on any atom is -0.385 e. The number of halogens is 1. The Hall–Kier alpha value is -1.32. The Balaban J connectivity index is 1.72. The third-order valence-electron chi connectivity index (χ3n) is 4.13. The number of rotatable bonds is 4. The molecule has 3 rings (SSSR count). The van der Waals surface area contributed by atoms with Crippen LogP contribution in [0.5, 0.6) is 0 Å². The molecule has 0 saturated heterocycles.